The van der Waals surface area contributed by atoms with E-state index in [2.05, 4.69) is 104 Å². The molecule has 0 bridgehead atoms. The van der Waals surface area contributed by atoms with Gasteiger partial charge in [-0.15, -0.1) is 0 Å². The number of imidazole rings is 2. The van der Waals surface area contributed by atoms with Gasteiger partial charge >= 0.3 is 0 Å². The van der Waals surface area contributed by atoms with Gasteiger partial charge in [-0.25, -0.2) is 13.7 Å². The highest BCUT2D eigenvalue weighted by Crippen LogP contribution is 2.38. The van der Waals surface area contributed by atoms with Crippen LogP contribution in [0.15, 0.2) is 98.6 Å². The molecule has 9 nitrogen and oxygen atoms in total. The van der Waals surface area contributed by atoms with Gasteiger partial charge in [-0.1, -0.05) is 6.07 Å². The number of benzene rings is 2. The third kappa shape index (κ3) is 4.51. The summed E-state index contributed by atoms with van der Waals surface area (Å²) in [5.41, 5.74) is 4.18. The van der Waals surface area contributed by atoms with E-state index in [-0.39, 0.29) is 0 Å². The number of ether oxygens (including phenoxy) is 1. The Morgan fingerprint density at radius 2 is 1.35 bits per heavy atom. The second-order valence-electron chi connectivity index (χ2n) is 9.71. The number of hydrogen-bond acceptors (Lipinski definition) is 5. The van der Waals surface area contributed by atoms with Gasteiger partial charge in [0.05, 0.1) is 33.1 Å². The molecule has 37 heavy (non-hydrogen) atoms. The first-order valence-electron chi connectivity index (χ1n) is 12.3. The van der Waals surface area contributed by atoms with Crippen molar-refractivity contribution in [1.29, 1.82) is 0 Å². The summed E-state index contributed by atoms with van der Waals surface area (Å²) in [6.45, 7) is 1.58. The SMILES string of the molecule is CN1C=CN(c2cccc(Oc3cc(N4C=CN(C)C4)c(-n4cc[n+](C)c4)cc3-n3cc[n+](C)c3)c2)C1. The van der Waals surface area contributed by atoms with Crippen LogP contribution in [0.5, 0.6) is 11.5 Å². The Balaban J connectivity index is 1.47. The lowest BCUT2D eigenvalue weighted by molar-refractivity contribution is -0.670. The monoisotopic (exact) mass is 496 g/mol. The zero-order valence-electron chi connectivity index (χ0n) is 21.6. The summed E-state index contributed by atoms with van der Waals surface area (Å²) in [7, 11) is 8.20. The molecule has 4 heterocycles. The van der Waals surface area contributed by atoms with Gasteiger partial charge in [0.2, 0.25) is 12.7 Å². The molecule has 4 aromatic rings. The average Bonchev–Trinajstić information content (AvgIpc) is 3.68. The predicted octanol–water partition coefficient (Wildman–Crippen LogP) is 3.07. The maximum Gasteiger partial charge on any atom is 0.248 e. The van der Waals surface area contributed by atoms with Crippen molar-refractivity contribution in [1.82, 2.24) is 18.9 Å². The molecule has 2 aromatic heterocycles. The van der Waals surface area contributed by atoms with E-state index in [9.17, 15) is 0 Å². The van der Waals surface area contributed by atoms with E-state index in [0.717, 1.165) is 47.6 Å². The largest absolute Gasteiger partial charge is 0.453 e. The van der Waals surface area contributed by atoms with Crippen molar-refractivity contribution < 1.29 is 13.9 Å². The lowest BCUT2D eigenvalue weighted by Crippen LogP contribution is -2.25. The molecule has 0 unspecified atom stereocenters. The first-order valence-corrected chi connectivity index (χ1v) is 12.3. The highest BCUT2D eigenvalue weighted by molar-refractivity contribution is 5.73. The molecule has 0 spiro atoms. The molecule has 9 heteroatoms. The van der Waals surface area contributed by atoms with Crippen molar-refractivity contribution in [2.75, 3.05) is 37.2 Å². The van der Waals surface area contributed by atoms with Crippen molar-refractivity contribution in [3.8, 4) is 22.9 Å². The molecular formula is C28H32N8O+2. The van der Waals surface area contributed by atoms with Crippen LogP contribution in [0.4, 0.5) is 11.4 Å². The summed E-state index contributed by atoms with van der Waals surface area (Å²) in [6.07, 6.45) is 20.7. The summed E-state index contributed by atoms with van der Waals surface area (Å²) in [6, 6.07) is 12.6. The Morgan fingerprint density at radius 1 is 0.703 bits per heavy atom. The summed E-state index contributed by atoms with van der Waals surface area (Å²) < 4.78 is 15.0. The van der Waals surface area contributed by atoms with E-state index in [1.807, 2.05) is 60.3 Å². The Hall–Kier alpha value is -4.66. The zero-order chi connectivity index (χ0) is 25.5. The van der Waals surface area contributed by atoms with Crippen LogP contribution in [0.25, 0.3) is 11.4 Å². The van der Waals surface area contributed by atoms with Crippen molar-refractivity contribution in [2.24, 2.45) is 14.1 Å². The number of hydrogen-bond donors (Lipinski definition) is 0. The fourth-order valence-electron chi connectivity index (χ4n) is 4.69. The summed E-state index contributed by atoms with van der Waals surface area (Å²) in [5, 5.41) is 0. The van der Waals surface area contributed by atoms with Gasteiger partial charge in [-0.3, -0.25) is 0 Å². The molecule has 0 atom stereocenters. The molecule has 0 fully saturated rings. The molecule has 2 aromatic carbocycles. The number of nitrogens with zero attached hydrogens (tertiary/aromatic N) is 8. The lowest BCUT2D eigenvalue weighted by atomic mass is 10.2. The standard InChI is InChI=1S/C28H32N8O/c1-29-8-12-33(19-29)23-6-5-7-24(16-23)37-28-18-26(35-14-10-31(3)21-35)25(34-13-9-30(2)20-34)17-27(28)36-15-11-32(4)22-36/h5-18,20,22H,19,21H2,1-4H3/q+2. The minimum Gasteiger partial charge on any atom is -0.453 e. The second kappa shape index (κ2) is 9.09. The van der Waals surface area contributed by atoms with Crippen molar-refractivity contribution in [3.63, 3.8) is 0 Å². The van der Waals surface area contributed by atoms with E-state index in [4.69, 9.17) is 4.74 Å². The van der Waals surface area contributed by atoms with Gasteiger partial charge in [0.1, 0.15) is 30.5 Å². The van der Waals surface area contributed by atoms with Crippen LogP contribution in [0, 0.1) is 0 Å². The van der Waals surface area contributed by atoms with E-state index in [1.54, 1.807) is 0 Å². The Bertz CT molecular complexity index is 1500. The van der Waals surface area contributed by atoms with Crippen LogP contribution < -0.4 is 23.7 Å². The fraction of sp³-hybridized carbons (Fsp3) is 0.214. The van der Waals surface area contributed by atoms with Crippen LogP contribution in [-0.2, 0) is 14.1 Å². The molecule has 0 saturated carbocycles. The molecule has 2 aliphatic rings. The zero-order valence-corrected chi connectivity index (χ0v) is 21.6. The number of aryl methyl sites for hydroxylation is 2. The van der Waals surface area contributed by atoms with Crippen LogP contribution >= 0.6 is 0 Å². The first-order chi connectivity index (χ1) is 17.9. The third-order valence-electron chi connectivity index (χ3n) is 6.59. The summed E-state index contributed by atoms with van der Waals surface area (Å²) in [4.78, 5) is 8.74. The normalized spacial score (nSPS) is 14.9. The number of aromatic nitrogens is 4. The molecule has 6 rings (SSSR count). The van der Waals surface area contributed by atoms with Gasteiger partial charge < -0.3 is 24.3 Å². The van der Waals surface area contributed by atoms with Crippen LogP contribution in [0.1, 0.15) is 0 Å². The summed E-state index contributed by atoms with van der Waals surface area (Å²) in [5.74, 6) is 1.57. The first kappa shape index (κ1) is 22.8. The second-order valence-corrected chi connectivity index (χ2v) is 9.71. The maximum atomic E-state index is 6.65. The van der Waals surface area contributed by atoms with E-state index >= 15 is 0 Å². The number of anilines is 2. The molecule has 0 amide bonds. The minimum absolute atomic E-state index is 0.766. The topological polar surface area (TPSA) is 39.8 Å². The molecule has 2 aliphatic heterocycles. The third-order valence-corrected chi connectivity index (χ3v) is 6.59. The minimum atomic E-state index is 0.766. The highest BCUT2D eigenvalue weighted by atomic mass is 16.5. The van der Waals surface area contributed by atoms with E-state index in [1.165, 1.54) is 0 Å². The van der Waals surface area contributed by atoms with E-state index < -0.39 is 0 Å². The molecule has 0 radical (unpaired) electrons. The van der Waals surface area contributed by atoms with Gasteiger partial charge in [-0.05, 0) is 12.1 Å². The van der Waals surface area contributed by atoms with Gasteiger partial charge in [0, 0.05) is 62.8 Å². The Kier molecular flexibility index (Phi) is 5.60. The highest BCUT2D eigenvalue weighted by Gasteiger charge is 2.25. The Morgan fingerprint density at radius 3 is 1.95 bits per heavy atom. The van der Waals surface area contributed by atoms with Crippen LogP contribution in [-0.4, -0.2) is 46.4 Å². The van der Waals surface area contributed by atoms with Crippen molar-refractivity contribution in [3.05, 3.63) is 98.6 Å². The predicted molar refractivity (Wildman–Crippen MR) is 142 cm³/mol. The van der Waals surface area contributed by atoms with Gasteiger partial charge in [0.15, 0.2) is 17.1 Å². The van der Waals surface area contributed by atoms with Crippen molar-refractivity contribution in [2.45, 2.75) is 0 Å². The quantitative estimate of drug-likeness (QED) is 0.384. The lowest BCUT2D eigenvalue weighted by Gasteiger charge is -2.22. The molecule has 0 aliphatic carbocycles. The van der Waals surface area contributed by atoms with E-state index in [0.29, 0.717) is 0 Å². The number of rotatable bonds is 6. The molecular weight excluding hydrogens is 464 g/mol. The van der Waals surface area contributed by atoms with Crippen LogP contribution in [0.3, 0.4) is 0 Å². The Labute approximate surface area is 217 Å². The average molecular weight is 497 g/mol. The van der Waals surface area contributed by atoms with Crippen molar-refractivity contribution >= 4 is 11.4 Å². The van der Waals surface area contributed by atoms with Crippen LogP contribution in [0.2, 0.25) is 0 Å². The fourth-order valence-corrected chi connectivity index (χ4v) is 4.69. The van der Waals surface area contributed by atoms with Gasteiger partial charge in [-0.2, -0.15) is 4.57 Å². The molecule has 188 valence electrons. The molecule has 0 saturated heterocycles. The summed E-state index contributed by atoms with van der Waals surface area (Å²) >= 11 is 0. The maximum absolute atomic E-state index is 6.65. The molecule has 0 N–H and O–H groups in total. The van der Waals surface area contributed by atoms with Gasteiger partial charge in [0.25, 0.3) is 0 Å². The smallest absolute Gasteiger partial charge is 0.248 e.